The Morgan fingerprint density at radius 1 is 1.25 bits per heavy atom. The van der Waals surface area contributed by atoms with Crippen molar-refractivity contribution in [2.24, 2.45) is 0 Å². The highest BCUT2D eigenvalue weighted by molar-refractivity contribution is 6.33. The van der Waals surface area contributed by atoms with Crippen LogP contribution in [-0.4, -0.2) is 15.5 Å². The molecule has 88 valence electrons. The van der Waals surface area contributed by atoms with Gasteiger partial charge in [-0.05, 0) is 31.4 Å². The van der Waals surface area contributed by atoms with Crippen molar-refractivity contribution in [3.63, 3.8) is 0 Å². The van der Waals surface area contributed by atoms with Gasteiger partial charge in [-0.25, -0.2) is 4.98 Å². The van der Waals surface area contributed by atoms with Crippen LogP contribution in [-0.2, 0) is 0 Å². The standard InChI is InChI=1S/C11H15Cl2N3/c1-11(5-3-2-4-6-11)16-9-8(12)7-14-10(13)15-9/h7H,2-6H2,1H3,(H,14,15,16). The second-order valence-corrected chi connectivity index (χ2v) is 5.33. The molecule has 1 aromatic heterocycles. The van der Waals surface area contributed by atoms with Gasteiger partial charge >= 0.3 is 0 Å². The van der Waals surface area contributed by atoms with Crippen LogP contribution in [0, 0.1) is 0 Å². The highest BCUT2D eigenvalue weighted by atomic mass is 35.5. The third-order valence-corrected chi connectivity index (χ3v) is 3.55. The molecule has 0 unspecified atom stereocenters. The molecule has 0 radical (unpaired) electrons. The van der Waals surface area contributed by atoms with Crippen LogP contribution in [0.2, 0.25) is 10.3 Å². The summed E-state index contributed by atoms with van der Waals surface area (Å²) in [6.07, 6.45) is 7.64. The molecule has 0 spiro atoms. The molecule has 0 amide bonds. The summed E-state index contributed by atoms with van der Waals surface area (Å²) in [4.78, 5) is 7.96. The predicted octanol–water partition coefficient (Wildman–Crippen LogP) is 3.92. The topological polar surface area (TPSA) is 37.8 Å². The van der Waals surface area contributed by atoms with Gasteiger partial charge in [-0.3, -0.25) is 0 Å². The van der Waals surface area contributed by atoms with E-state index in [2.05, 4.69) is 22.2 Å². The Kier molecular flexibility index (Phi) is 3.55. The van der Waals surface area contributed by atoms with Crippen LogP contribution in [0.4, 0.5) is 5.82 Å². The van der Waals surface area contributed by atoms with Crippen molar-refractivity contribution in [1.82, 2.24) is 9.97 Å². The fourth-order valence-corrected chi connectivity index (χ4v) is 2.45. The molecule has 0 aromatic carbocycles. The van der Waals surface area contributed by atoms with Gasteiger partial charge < -0.3 is 5.32 Å². The monoisotopic (exact) mass is 259 g/mol. The van der Waals surface area contributed by atoms with Crippen molar-refractivity contribution in [3.05, 3.63) is 16.5 Å². The number of hydrogen-bond donors (Lipinski definition) is 1. The van der Waals surface area contributed by atoms with E-state index in [0.29, 0.717) is 10.8 Å². The number of halogens is 2. The van der Waals surface area contributed by atoms with Crippen molar-refractivity contribution in [2.45, 2.75) is 44.6 Å². The molecule has 1 aromatic rings. The summed E-state index contributed by atoms with van der Waals surface area (Å²) in [5, 5.41) is 4.15. The maximum Gasteiger partial charge on any atom is 0.224 e. The van der Waals surface area contributed by atoms with Crippen LogP contribution in [0.3, 0.4) is 0 Å². The lowest BCUT2D eigenvalue weighted by Gasteiger charge is -2.35. The minimum absolute atomic E-state index is 0.0829. The largest absolute Gasteiger partial charge is 0.364 e. The van der Waals surface area contributed by atoms with Crippen LogP contribution in [0.15, 0.2) is 6.20 Å². The molecular formula is C11H15Cl2N3. The zero-order valence-corrected chi connectivity index (χ0v) is 10.8. The van der Waals surface area contributed by atoms with Gasteiger partial charge in [0.05, 0.1) is 6.20 Å². The van der Waals surface area contributed by atoms with E-state index < -0.39 is 0 Å². The normalized spacial score (nSPS) is 19.4. The molecule has 0 bridgehead atoms. The highest BCUT2D eigenvalue weighted by Crippen LogP contribution is 2.32. The number of nitrogens with zero attached hydrogens (tertiary/aromatic N) is 2. The molecule has 1 saturated carbocycles. The summed E-state index contributed by atoms with van der Waals surface area (Å²) in [6.45, 7) is 2.21. The van der Waals surface area contributed by atoms with Crippen LogP contribution in [0.1, 0.15) is 39.0 Å². The zero-order valence-electron chi connectivity index (χ0n) is 9.26. The Morgan fingerprint density at radius 2 is 1.94 bits per heavy atom. The maximum absolute atomic E-state index is 6.03. The van der Waals surface area contributed by atoms with Crippen LogP contribution < -0.4 is 5.32 Å². The smallest absolute Gasteiger partial charge is 0.224 e. The number of hydrogen-bond acceptors (Lipinski definition) is 3. The Morgan fingerprint density at radius 3 is 2.62 bits per heavy atom. The van der Waals surface area contributed by atoms with Crippen molar-refractivity contribution < 1.29 is 0 Å². The molecule has 1 aliphatic carbocycles. The van der Waals surface area contributed by atoms with Crippen molar-refractivity contribution in [2.75, 3.05) is 5.32 Å². The van der Waals surface area contributed by atoms with E-state index in [-0.39, 0.29) is 10.8 Å². The SMILES string of the molecule is CC1(Nc2nc(Cl)ncc2Cl)CCCCC1. The summed E-state index contributed by atoms with van der Waals surface area (Å²) in [6, 6.07) is 0. The Labute approximate surface area is 106 Å². The lowest BCUT2D eigenvalue weighted by atomic mass is 9.83. The van der Waals surface area contributed by atoms with Gasteiger partial charge in [0.25, 0.3) is 0 Å². The van der Waals surface area contributed by atoms with Gasteiger partial charge in [-0.2, -0.15) is 4.98 Å². The molecule has 3 nitrogen and oxygen atoms in total. The van der Waals surface area contributed by atoms with Crippen LogP contribution in [0.25, 0.3) is 0 Å². The fraction of sp³-hybridized carbons (Fsp3) is 0.636. The van der Waals surface area contributed by atoms with Gasteiger partial charge in [0, 0.05) is 5.54 Å². The van der Waals surface area contributed by atoms with E-state index in [9.17, 15) is 0 Å². The van der Waals surface area contributed by atoms with Gasteiger partial charge in [0.15, 0.2) is 0 Å². The van der Waals surface area contributed by atoms with Gasteiger partial charge in [0.2, 0.25) is 5.28 Å². The fourth-order valence-electron chi connectivity index (χ4n) is 2.18. The third-order valence-electron chi connectivity index (χ3n) is 3.09. The Hall–Kier alpha value is -0.540. The van der Waals surface area contributed by atoms with Crippen LogP contribution >= 0.6 is 23.2 Å². The Bertz CT molecular complexity index is 375. The van der Waals surface area contributed by atoms with E-state index in [0.717, 1.165) is 12.8 Å². The molecule has 1 N–H and O–H groups in total. The highest BCUT2D eigenvalue weighted by Gasteiger charge is 2.27. The maximum atomic E-state index is 6.03. The van der Waals surface area contributed by atoms with Crippen molar-refractivity contribution in [1.29, 1.82) is 0 Å². The number of aromatic nitrogens is 2. The summed E-state index contributed by atoms with van der Waals surface area (Å²) in [7, 11) is 0. The van der Waals surface area contributed by atoms with Crippen molar-refractivity contribution in [3.8, 4) is 0 Å². The minimum Gasteiger partial charge on any atom is -0.364 e. The summed E-state index contributed by atoms with van der Waals surface area (Å²) in [5.41, 5.74) is 0.0829. The van der Waals surface area contributed by atoms with Crippen molar-refractivity contribution >= 4 is 29.0 Å². The van der Waals surface area contributed by atoms with E-state index >= 15 is 0 Å². The first kappa shape index (κ1) is 11.9. The van der Waals surface area contributed by atoms with E-state index in [1.807, 2.05) is 0 Å². The first-order chi connectivity index (χ1) is 7.59. The predicted molar refractivity (Wildman–Crippen MR) is 67.2 cm³/mol. The lowest BCUT2D eigenvalue weighted by molar-refractivity contribution is 0.348. The molecule has 0 saturated heterocycles. The third kappa shape index (κ3) is 2.77. The zero-order chi connectivity index (χ0) is 11.6. The summed E-state index contributed by atoms with van der Waals surface area (Å²) in [5.74, 6) is 0.645. The minimum atomic E-state index is 0.0829. The molecule has 2 rings (SSSR count). The first-order valence-electron chi connectivity index (χ1n) is 5.55. The van der Waals surface area contributed by atoms with Gasteiger partial charge in [-0.15, -0.1) is 0 Å². The lowest BCUT2D eigenvalue weighted by Crippen LogP contribution is -2.37. The molecule has 0 aliphatic heterocycles. The second-order valence-electron chi connectivity index (χ2n) is 4.58. The number of rotatable bonds is 2. The first-order valence-corrected chi connectivity index (χ1v) is 6.31. The second kappa shape index (κ2) is 4.76. The molecule has 1 fully saturated rings. The number of nitrogens with one attached hydrogen (secondary N) is 1. The molecule has 1 aliphatic rings. The van der Waals surface area contributed by atoms with E-state index in [4.69, 9.17) is 23.2 Å². The molecule has 1 heterocycles. The molecular weight excluding hydrogens is 245 g/mol. The van der Waals surface area contributed by atoms with E-state index in [1.54, 1.807) is 0 Å². The summed E-state index contributed by atoms with van der Waals surface area (Å²) >= 11 is 11.8. The molecule has 0 atom stereocenters. The van der Waals surface area contributed by atoms with Crippen LogP contribution in [0.5, 0.6) is 0 Å². The summed E-state index contributed by atoms with van der Waals surface area (Å²) < 4.78 is 0. The van der Waals surface area contributed by atoms with Gasteiger partial charge in [-0.1, -0.05) is 30.9 Å². The quantitative estimate of drug-likeness (QED) is 0.819. The molecule has 16 heavy (non-hydrogen) atoms. The average molecular weight is 260 g/mol. The average Bonchev–Trinajstić information content (AvgIpc) is 2.24. The van der Waals surface area contributed by atoms with E-state index in [1.165, 1.54) is 25.5 Å². The molecule has 5 heteroatoms. The Balaban J connectivity index is 2.15. The van der Waals surface area contributed by atoms with Gasteiger partial charge in [0.1, 0.15) is 10.8 Å². The number of anilines is 1.